The first kappa shape index (κ1) is 22.1. The van der Waals surface area contributed by atoms with Gasteiger partial charge in [0.1, 0.15) is 5.82 Å². The van der Waals surface area contributed by atoms with Crippen LogP contribution in [0, 0.1) is 30.0 Å². The van der Waals surface area contributed by atoms with Crippen LogP contribution in [-0.4, -0.2) is 35.6 Å². The Labute approximate surface area is 208 Å². The number of rotatable bonds is 5. The molecule has 1 aliphatic carbocycles. The monoisotopic (exact) mass is 489 g/mol. The molecule has 6 nitrogen and oxygen atoms in total. The molecule has 2 saturated heterocycles. The van der Waals surface area contributed by atoms with Crippen molar-refractivity contribution in [2.24, 2.45) is 5.92 Å². The van der Waals surface area contributed by atoms with Crippen LogP contribution in [0.2, 0.25) is 5.02 Å². The third kappa shape index (κ3) is 3.97. The second-order valence-electron chi connectivity index (χ2n) is 9.63. The number of nitriles is 1. The third-order valence-corrected chi connectivity index (χ3v) is 7.86. The number of hydrogen-bond donors (Lipinski definition) is 1. The summed E-state index contributed by atoms with van der Waals surface area (Å²) in [6, 6.07) is 11.6. The molecule has 3 heterocycles. The van der Waals surface area contributed by atoms with Crippen molar-refractivity contribution in [1.82, 2.24) is 9.88 Å². The van der Waals surface area contributed by atoms with Crippen molar-refractivity contribution in [3.8, 4) is 6.07 Å². The first-order chi connectivity index (χ1) is 17.0. The Balaban J connectivity index is 1.18. The molecule has 2 aromatic carbocycles. The summed E-state index contributed by atoms with van der Waals surface area (Å²) in [6.07, 6.45) is 5.32. The van der Waals surface area contributed by atoms with Gasteiger partial charge in [-0.1, -0.05) is 23.7 Å². The Morgan fingerprint density at radius 2 is 2.17 bits per heavy atom. The van der Waals surface area contributed by atoms with Crippen LogP contribution in [0.1, 0.15) is 28.7 Å². The molecule has 0 radical (unpaired) electrons. The van der Waals surface area contributed by atoms with E-state index < -0.39 is 5.82 Å². The summed E-state index contributed by atoms with van der Waals surface area (Å²) >= 11 is 5.88. The Hall–Kier alpha value is -3.34. The first-order valence-corrected chi connectivity index (χ1v) is 12.2. The van der Waals surface area contributed by atoms with Crippen LogP contribution in [-0.2, 0) is 13.0 Å². The highest BCUT2D eigenvalue weighted by atomic mass is 35.5. The van der Waals surface area contributed by atoms with E-state index in [0.717, 1.165) is 44.6 Å². The number of hydrogen-bond acceptors (Lipinski definition) is 6. The van der Waals surface area contributed by atoms with Crippen molar-refractivity contribution >= 4 is 35.1 Å². The van der Waals surface area contributed by atoms with Gasteiger partial charge in [0.2, 0.25) is 5.88 Å². The minimum absolute atomic E-state index is 0.300. The van der Waals surface area contributed by atoms with Gasteiger partial charge in [0.05, 0.1) is 11.8 Å². The zero-order valence-corrected chi connectivity index (χ0v) is 20.1. The average molecular weight is 490 g/mol. The number of halogens is 2. The molecule has 2 atom stereocenters. The Kier molecular flexibility index (Phi) is 5.51. The number of allylic oxidation sites excluding steroid dienone is 1. The maximum atomic E-state index is 14.3. The second-order valence-corrected chi connectivity index (χ2v) is 10.1. The molecule has 35 heavy (non-hydrogen) atoms. The van der Waals surface area contributed by atoms with Crippen LogP contribution in [0.4, 0.5) is 21.8 Å². The van der Waals surface area contributed by atoms with Gasteiger partial charge in [-0.05, 0) is 72.3 Å². The molecule has 8 heteroatoms. The minimum Gasteiger partial charge on any atom is -0.425 e. The molecular weight excluding hydrogens is 465 g/mol. The molecule has 3 aromatic rings. The summed E-state index contributed by atoms with van der Waals surface area (Å²) in [5, 5.41) is 12.7. The third-order valence-electron chi connectivity index (χ3n) is 7.62. The van der Waals surface area contributed by atoms with E-state index in [4.69, 9.17) is 16.0 Å². The van der Waals surface area contributed by atoms with Crippen molar-refractivity contribution in [2.45, 2.75) is 32.4 Å². The zero-order valence-electron chi connectivity index (χ0n) is 19.4. The summed E-state index contributed by atoms with van der Waals surface area (Å²) in [4.78, 5) is 9.24. The lowest BCUT2D eigenvalue weighted by atomic mass is 9.98. The fraction of sp³-hybridized carbons (Fsp3) is 0.333. The van der Waals surface area contributed by atoms with E-state index in [1.54, 1.807) is 12.1 Å². The Morgan fingerprint density at radius 1 is 1.29 bits per heavy atom. The van der Waals surface area contributed by atoms with Gasteiger partial charge >= 0.3 is 0 Å². The first-order valence-electron chi connectivity index (χ1n) is 11.9. The smallest absolute Gasteiger partial charge is 0.242 e. The number of nitrogens with zero attached hydrogens (tertiary/aromatic N) is 4. The molecule has 1 N–H and O–H groups in total. The van der Waals surface area contributed by atoms with E-state index in [0.29, 0.717) is 34.4 Å². The molecule has 0 amide bonds. The fourth-order valence-electron chi connectivity index (χ4n) is 5.76. The van der Waals surface area contributed by atoms with E-state index in [-0.39, 0.29) is 0 Å². The summed E-state index contributed by atoms with van der Waals surface area (Å²) in [6.45, 7) is 5.87. The predicted molar refractivity (Wildman–Crippen MR) is 134 cm³/mol. The normalized spacial score (nSPS) is 21.1. The van der Waals surface area contributed by atoms with Gasteiger partial charge in [-0.15, -0.1) is 0 Å². The number of fused-ring (bicyclic) bond motifs is 2. The molecule has 2 fully saturated rings. The molecule has 178 valence electrons. The van der Waals surface area contributed by atoms with Crippen LogP contribution in [0.5, 0.6) is 0 Å². The van der Waals surface area contributed by atoms with E-state index in [1.165, 1.54) is 34.7 Å². The van der Waals surface area contributed by atoms with Gasteiger partial charge in [0, 0.05) is 42.7 Å². The standard InChI is InChI=1S/C27H25ClFN5O/c1-16-19(3-2-18-8-17(11-30)9-22(16)18)12-33-7-6-20-13-34(14-25(20)33)26-27(35-15-31-26)32-24-5-4-21(28)10-23(24)29/h2-5,9-10,15,20,25,32H,6-8,12-14H2,1H3. The van der Waals surface area contributed by atoms with Crippen LogP contribution >= 0.6 is 11.6 Å². The van der Waals surface area contributed by atoms with Gasteiger partial charge in [-0.3, -0.25) is 4.90 Å². The number of oxazole rings is 1. The molecule has 0 spiro atoms. The fourth-order valence-corrected chi connectivity index (χ4v) is 5.92. The van der Waals surface area contributed by atoms with Crippen LogP contribution in [0.3, 0.4) is 0 Å². The van der Waals surface area contributed by atoms with E-state index in [1.807, 2.05) is 6.08 Å². The number of anilines is 3. The summed E-state index contributed by atoms with van der Waals surface area (Å²) < 4.78 is 19.9. The molecule has 1 aromatic heterocycles. The quantitative estimate of drug-likeness (QED) is 0.496. The molecule has 3 aliphatic rings. The van der Waals surface area contributed by atoms with Crippen LogP contribution in [0.25, 0.3) is 6.08 Å². The number of nitrogens with one attached hydrogen (secondary N) is 1. The van der Waals surface area contributed by atoms with Crippen LogP contribution < -0.4 is 10.2 Å². The lowest BCUT2D eigenvalue weighted by Gasteiger charge is -2.26. The highest BCUT2D eigenvalue weighted by Gasteiger charge is 2.42. The van der Waals surface area contributed by atoms with Gasteiger partial charge in [-0.2, -0.15) is 10.2 Å². The highest BCUT2D eigenvalue weighted by molar-refractivity contribution is 6.30. The number of likely N-dealkylation sites (tertiary alicyclic amines) is 1. The van der Waals surface area contributed by atoms with E-state index in [9.17, 15) is 9.65 Å². The van der Waals surface area contributed by atoms with E-state index in [2.05, 4.69) is 45.2 Å². The largest absolute Gasteiger partial charge is 0.425 e. The maximum Gasteiger partial charge on any atom is 0.242 e. The Morgan fingerprint density at radius 3 is 3.00 bits per heavy atom. The summed E-state index contributed by atoms with van der Waals surface area (Å²) in [7, 11) is 0. The topological polar surface area (TPSA) is 68.3 Å². The van der Waals surface area contributed by atoms with Crippen molar-refractivity contribution in [2.75, 3.05) is 29.9 Å². The second kappa shape index (κ2) is 8.71. The Bertz CT molecular complexity index is 1380. The van der Waals surface area contributed by atoms with Gasteiger partial charge in [0.15, 0.2) is 12.2 Å². The van der Waals surface area contributed by atoms with Gasteiger partial charge in [-0.25, -0.2) is 4.39 Å². The maximum absolute atomic E-state index is 14.3. The number of benzene rings is 2. The van der Waals surface area contributed by atoms with Crippen molar-refractivity contribution in [3.63, 3.8) is 0 Å². The molecule has 6 rings (SSSR count). The van der Waals surface area contributed by atoms with Gasteiger partial charge in [0.25, 0.3) is 0 Å². The van der Waals surface area contributed by atoms with Gasteiger partial charge < -0.3 is 14.6 Å². The highest BCUT2D eigenvalue weighted by Crippen LogP contribution is 2.39. The molecule has 0 saturated carbocycles. The van der Waals surface area contributed by atoms with Crippen molar-refractivity contribution in [1.29, 1.82) is 5.26 Å². The molecule has 0 bridgehead atoms. The average Bonchev–Trinajstić information content (AvgIpc) is 3.61. The van der Waals surface area contributed by atoms with Crippen molar-refractivity contribution in [3.05, 3.63) is 75.4 Å². The minimum atomic E-state index is -0.439. The van der Waals surface area contributed by atoms with E-state index >= 15 is 0 Å². The summed E-state index contributed by atoms with van der Waals surface area (Å²) in [5.41, 5.74) is 6.20. The SMILES string of the molecule is Cc1c(CN2CCC3CN(c4ncoc4Nc4ccc(Cl)cc4F)CC32)ccc2c1C=C(C#N)C2. The van der Waals surface area contributed by atoms with Crippen LogP contribution in [0.15, 0.2) is 46.7 Å². The lowest BCUT2D eigenvalue weighted by Crippen LogP contribution is -2.35. The van der Waals surface area contributed by atoms with Crippen molar-refractivity contribution < 1.29 is 8.81 Å². The summed E-state index contributed by atoms with van der Waals surface area (Å²) in [5.74, 6) is 1.25. The molecular formula is C27H25ClFN5O. The lowest BCUT2D eigenvalue weighted by molar-refractivity contribution is 0.245. The number of aromatic nitrogens is 1. The molecule has 2 unspecified atom stereocenters. The zero-order chi connectivity index (χ0) is 24.1. The predicted octanol–water partition coefficient (Wildman–Crippen LogP) is 5.69. The molecule has 2 aliphatic heterocycles.